The van der Waals surface area contributed by atoms with E-state index in [1.54, 1.807) is 17.1 Å². The van der Waals surface area contributed by atoms with Crippen molar-refractivity contribution in [3.8, 4) is 0 Å². The van der Waals surface area contributed by atoms with Crippen LogP contribution in [0.3, 0.4) is 0 Å². The molecule has 1 aromatic heterocycles. The number of imidazole rings is 1. The van der Waals surface area contributed by atoms with Crippen LogP contribution >= 0.6 is 0 Å². The van der Waals surface area contributed by atoms with Crippen LogP contribution in [0.2, 0.25) is 0 Å². The second-order valence-electron chi connectivity index (χ2n) is 4.11. The molecule has 90 valence electrons. The molecule has 0 radical (unpaired) electrons. The summed E-state index contributed by atoms with van der Waals surface area (Å²) < 4.78 is 1.65. The van der Waals surface area contributed by atoms with E-state index in [0.29, 0.717) is 19.0 Å². The van der Waals surface area contributed by atoms with Gasteiger partial charge in [0.1, 0.15) is 6.04 Å². The maximum atomic E-state index is 10.9. The summed E-state index contributed by atoms with van der Waals surface area (Å²) in [7, 11) is 0. The topological polar surface area (TPSA) is 67.1 Å². The smallest absolute Gasteiger partial charge is 0.326 e. The van der Waals surface area contributed by atoms with E-state index in [1.807, 2.05) is 6.92 Å². The summed E-state index contributed by atoms with van der Waals surface area (Å²) in [4.78, 5) is 15.1. The fraction of sp³-hybridized carbons (Fsp3) is 0.636. The minimum Gasteiger partial charge on any atom is -0.480 e. The molecule has 16 heavy (non-hydrogen) atoms. The van der Waals surface area contributed by atoms with Crippen molar-refractivity contribution in [3.05, 3.63) is 18.2 Å². The van der Waals surface area contributed by atoms with Crippen LogP contribution in [-0.2, 0) is 11.3 Å². The number of aliphatic carboxylic acids is 1. The second-order valence-corrected chi connectivity index (χ2v) is 4.11. The SMILES string of the molecule is CCC(C(=O)O)n1cnc(CNC(C)C)c1. The number of nitrogens with zero attached hydrogens (tertiary/aromatic N) is 2. The van der Waals surface area contributed by atoms with Crippen molar-refractivity contribution in [3.63, 3.8) is 0 Å². The predicted octanol–water partition coefficient (Wildman–Crippen LogP) is 1.42. The van der Waals surface area contributed by atoms with Crippen LogP contribution in [0, 0.1) is 0 Å². The average Bonchev–Trinajstić information content (AvgIpc) is 2.64. The highest BCUT2D eigenvalue weighted by atomic mass is 16.4. The van der Waals surface area contributed by atoms with Gasteiger partial charge >= 0.3 is 5.97 Å². The summed E-state index contributed by atoms with van der Waals surface area (Å²) in [5.41, 5.74) is 0.869. The molecule has 1 heterocycles. The zero-order valence-electron chi connectivity index (χ0n) is 9.97. The molecule has 0 amide bonds. The van der Waals surface area contributed by atoms with E-state index >= 15 is 0 Å². The van der Waals surface area contributed by atoms with Crippen LogP contribution in [0.5, 0.6) is 0 Å². The summed E-state index contributed by atoms with van der Waals surface area (Å²) in [6, 6.07) is -0.119. The Hall–Kier alpha value is -1.36. The lowest BCUT2D eigenvalue weighted by atomic mass is 10.2. The Labute approximate surface area is 95.5 Å². The minimum atomic E-state index is -0.816. The first kappa shape index (κ1) is 12.7. The molecule has 5 nitrogen and oxygen atoms in total. The molecule has 1 unspecified atom stereocenters. The molecule has 0 aliphatic carbocycles. The van der Waals surface area contributed by atoms with Crippen LogP contribution in [0.1, 0.15) is 38.9 Å². The van der Waals surface area contributed by atoms with Crippen molar-refractivity contribution in [2.45, 2.75) is 45.8 Å². The Kier molecular flexibility index (Phi) is 4.49. The van der Waals surface area contributed by atoms with E-state index in [-0.39, 0.29) is 0 Å². The van der Waals surface area contributed by atoms with Gasteiger partial charge in [-0.3, -0.25) is 0 Å². The first-order valence-corrected chi connectivity index (χ1v) is 5.53. The van der Waals surface area contributed by atoms with Crippen molar-refractivity contribution in [1.82, 2.24) is 14.9 Å². The Bertz CT molecular complexity index is 347. The number of nitrogens with one attached hydrogen (secondary N) is 1. The fourth-order valence-electron chi connectivity index (χ4n) is 1.46. The van der Waals surface area contributed by atoms with Gasteiger partial charge in [-0.25, -0.2) is 9.78 Å². The van der Waals surface area contributed by atoms with Crippen LogP contribution in [-0.4, -0.2) is 26.7 Å². The third-order valence-corrected chi connectivity index (χ3v) is 2.38. The van der Waals surface area contributed by atoms with Gasteiger partial charge < -0.3 is 15.0 Å². The second kappa shape index (κ2) is 5.65. The van der Waals surface area contributed by atoms with Gasteiger partial charge in [-0.05, 0) is 6.42 Å². The van der Waals surface area contributed by atoms with E-state index in [1.165, 1.54) is 0 Å². The zero-order chi connectivity index (χ0) is 12.1. The maximum Gasteiger partial charge on any atom is 0.326 e. The van der Waals surface area contributed by atoms with Crippen LogP contribution in [0.25, 0.3) is 0 Å². The van der Waals surface area contributed by atoms with Gasteiger partial charge in [0.05, 0.1) is 12.0 Å². The molecule has 0 spiro atoms. The molecular formula is C11H19N3O2. The molecule has 1 rings (SSSR count). The van der Waals surface area contributed by atoms with Gasteiger partial charge in [0.25, 0.3) is 0 Å². The average molecular weight is 225 g/mol. The van der Waals surface area contributed by atoms with Gasteiger partial charge in [0, 0.05) is 18.8 Å². The molecule has 0 fully saturated rings. The fourth-order valence-corrected chi connectivity index (χ4v) is 1.46. The van der Waals surface area contributed by atoms with Gasteiger partial charge in [-0.2, -0.15) is 0 Å². The monoisotopic (exact) mass is 225 g/mol. The lowest BCUT2D eigenvalue weighted by Gasteiger charge is -2.10. The highest BCUT2D eigenvalue weighted by molar-refractivity contribution is 5.71. The molecule has 0 bridgehead atoms. The van der Waals surface area contributed by atoms with Gasteiger partial charge in [0.2, 0.25) is 0 Å². The van der Waals surface area contributed by atoms with Gasteiger partial charge in [-0.1, -0.05) is 20.8 Å². The molecular weight excluding hydrogens is 206 g/mol. The number of carbonyl (C=O) groups is 1. The van der Waals surface area contributed by atoms with Crippen molar-refractivity contribution >= 4 is 5.97 Å². The van der Waals surface area contributed by atoms with E-state index in [2.05, 4.69) is 24.1 Å². The third-order valence-electron chi connectivity index (χ3n) is 2.38. The highest BCUT2D eigenvalue weighted by Gasteiger charge is 2.17. The quantitative estimate of drug-likeness (QED) is 0.768. The molecule has 0 aliphatic rings. The number of carboxylic acids is 1. The van der Waals surface area contributed by atoms with Crippen molar-refractivity contribution in [1.29, 1.82) is 0 Å². The molecule has 1 atom stereocenters. The standard InChI is InChI=1S/C11H19N3O2/c1-4-10(11(15)16)14-6-9(13-7-14)5-12-8(2)3/h6-8,10,12H,4-5H2,1-3H3,(H,15,16). The van der Waals surface area contributed by atoms with Crippen LogP contribution in [0.4, 0.5) is 0 Å². The summed E-state index contributed by atoms with van der Waals surface area (Å²) in [6.45, 7) is 6.64. The van der Waals surface area contributed by atoms with Gasteiger partial charge in [0.15, 0.2) is 0 Å². The lowest BCUT2D eigenvalue weighted by Crippen LogP contribution is -2.22. The third kappa shape index (κ3) is 3.34. The Morgan fingerprint density at radius 3 is 2.81 bits per heavy atom. The molecule has 5 heteroatoms. The first-order chi connectivity index (χ1) is 7.54. The largest absolute Gasteiger partial charge is 0.480 e. The van der Waals surface area contributed by atoms with E-state index in [0.717, 1.165) is 5.69 Å². The van der Waals surface area contributed by atoms with Crippen LogP contribution < -0.4 is 5.32 Å². The summed E-state index contributed by atoms with van der Waals surface area (Å²) in [5, 5.41) is 12.2. The Morgan fingerprint density at radius 1 is 1.62 bits per heavy atom. The summed E-state index contributed by atoms with van der Waals surface area (Å²) in [6.07, 6.45) is 3.93. The number of hydrogen-bond acceptors (Lipinski definition) is 3. The molecule has 0 aliphatic heterocycles. The number of carboxylic acid groups (broad SMARTS) is 1. The summed E-state index contributed by atoms with van der Waals surface area (Å²) >= 11 is 0. The normalized spacial score (nSPS) is 13.0. The Morgan fingerprint density at radius 2 is 2.31 bits per heavy atom. The van der Waals surface area contributed by atoms with Crippen molar-refractivity contribution in [2.75, 3.05) is 0 Å². The highest BCUT2D eigenvalue weighted by Crippen LogP contribution is 2.12. The molecule has 1 aromatic rings. The number of rotatable bonds is 6. The molecule has 2 N–H and O–H groups in total. The van der Waals surface area contributed by atoms with Crippen molar-refractivity contribution < 1.29 is 9.90 Å². The molecule has 0 aromatic carbocycles. The van der Waals surface area contributed by atoms with Gasteiger partial charge in [-0.15, -0.1) is 0 Å². The lowest BCUT2D eigenvalue weighted by molar-refractivity contribution is -0.141. The van der Waals surface area contributed by atoms with E-state index in [9.17, 15) is 4.79 Å². The zero-order valence-corrected chi connectivity index (χ0v) is 9.97. The minimum absolute atomic E-state index is 0.395. The van der Waals surface area contributed by atoms with Crippen molar-refractivity contribution in [2.24, 2.45) is 0 Å². The van der Waals surface area contributed by atoms with E-state index < -0.39 is 12.0 Å². The number of hydrogen-bond donors (Lipinski definition) is 2. The first-order valence-electron chi connectivity index (χ1n) is 5.53. The Balaban J connectivity index is 2.66. The summed E-state index contributed by atoms with van der Waals surface area (Å²) in [5.74, 6) is -0.816. The molecule has 0 saturated heterocycles. The molecule has 0 saturated carbocycles. The number of aromatic nitrogens is 2. The maximum absolute atomic E-state index is 10.9. The van der Waals surface area contributed by atoms with E-state index in [4.69, 9.17) is 5.11 Å². The predicted molar refractivity (Wildman–Crippen MR) is 61.2 cm³/mol. The van der Waals surface area contributed by atoms with Crippen LogP contribution in [0.15, 0.2) is 12.5 Å².